The first-order valence-electron chi connectivity index (χ1n) is 3.94. The van der Waals surface area contributed by atoms with Gasteiger partial charge in [-0.1, -0.05) is 25.9 Å². The van der Waals surface area contributed by atoms with Crippen molar-refractivity contribution >= 4 is 11.6 Å². The molecule has 0 aromatic carbocycles. The van der Waals surface area contributed by atoms with Crippen LogP contribution < -0.4 is 0 Å². The standard InChI is InChI=1S/C9H11ClN2O/c1-9(2,3)7-6(5-11-4)8(10)13-12-7/h5H2,1-3H3. The van der Waals surface area contributed by atoms with Gasteiger partial charge in [-0.3, -0.25) is 0 Å². The Morgan fingerprint density at radius 3 is 2.62 bits per heavy atom. The van der Waals surface area contributed by atoms with Crippen LogP contribution in [-0.4, -0.2) is 5.16 Å². The van der Waals surface area contributed by atoms with Crippen LogP contribution in [-0.2, 0) is 12.0 Å². The monoisotopic (exact) mass is 198 g/mol. The Hall–Kier alpha value is -1.01. The zero-order valence-electron chi connectivity index (χ0n) is 7.89. The summed E-state index contributed by atoms with van der Waals surface area (Å²) in [7, 11) is 0. The van der Waals surface area contributed by atoms with Crippen LogP contribution in [0.3, 0.4) is 0 Å². The number of nitrogens with zero attached hydrogens (tertiary/aromatic N) is 2. The first kappa shape index (κ1) is 10.1. The Morgan fingerprint density at radius 1 is 1.54 bits per heavy atom. The van der Waals surface area contributed by atoms with Crippen molar-refractivity contribution in [3.63, 3.8) is 0 Å². The zero-order chi connectivity index (χ0) is 10.1. The quantitative estimate of drug-likeness (QED) is 0.650. The fourth-order valence-electron chi connectivity index (χ4n) is 1.09. The molecule has 0 unspecified atom stereocenters. The molecule has 0 bridgehead atoms. The van der Waals surface area contributed by atoms with Gasteiger partial charge in [0.25, 0.3) is 0 Å². The predicted molar refractivity (Wildman–Crippen MR) is 50.5 cm³/mol. The van der Waals surface area contributed by atoms with Crippen LogP contribution in [0.2, 0.25) is 5.22 Å². The molecule has 0 amide bonds. The van der Waals surface area contributed by atoms with Gasteiger partial charge in [0.15, 0.2) is 0 Å². The third kappa shape index (κ3) is 2.02. The summed E-state index contributed by atoms with van der Waals surface area (Å²) in [6.45, 7) is 13.0. The molecule has 70 valence electrons. The third-order valence-corrected chi connectivity index (χ3v) is 1.98. The Balaban J connectivity index is 3.17. The van der Waals surface area contributed by atoms with Crippen LogP contribution in [0.4, 0.5) is 0 Å². The second-order valence-electron chi connectivity index (χ2n) is 3.85. The molecule has 0 aliphatic heterocycles. The number of hydrogen-bond donors (Lipinski definition) is 0. The van der Waals surface area contributed by atoms with E-state index in [1.54, 1.807) is 0 Å². The molecule has 13 heavy (non-hydrogen) atoms. The van der Waals surface area contributed by atoms with Gasteiger partial charge < -0.3 is 9.37 Å². The SMILES string of the molecule is [C-]#[N+]Cc1c(C(C)(C)C)noc1Cl. The van der Waals surface area contributed by atoms with Crippen molar-refractivity contribution in [1.29, 1.82) is 0 Å². The van der Waals surface area contributed by atoms with Crippen LogP contribution >= 0.6 is 11.6 Å². The van der Waals surface area contributed by atoms with Crippen LogP contribution in [0.5, 0.6) is 0 Å². The molecule has 1 aromatic rings. The summed E-state index contributed by atoms with van der Waals surface area (Å²) in [5.74, 6) is 0. The van der Waals surface area contributed by atoms with Crippen LogP contribution in [0.25, 0.3) is 4.85 Å². The lowest BCUT2D eigenvalue weighted by atomic mass is 9.89. The molecule has 0 aliphatic carbocycles. The molecule has 4 heteroatoms. The average molecular weight is 199 g/mol. The number of aromatic nitrogens is 1. The molecule has 0 spiro atoms. The highest BCUT2D eigenvalue weighted by Crippen LogP contribution is 2.30. The minimum atomic E-state index is -0.128. The summed E-state index contributed by atoms with van der Waals surface area (Å²) in [5.41, 5.74) is 1.36. The molecule has 1 rings (SSSR count). The Morgan fingerprint density at radius 2 is 2.15 bits per heavy atom. The lowest BCUT2D eigenvalue weighted by molar-refractivity contribution is 0.394. The largest absolute Gasteiger partial charge is 0.344 e. The third-order valence-electron chi connectivity index (χ3n) is 1.69. The van der Waals surface area contributed by atoms with E-state index in [9.17, 15) is 0 Å². The summed E-state index contributed by atoms with van der Waals surface area (Å²) in [5, 5.41) is 4.09. The number of rotatable bonds is 1. The molecule has 0 radical (unpaired) electrons. The summed E-state index contributed by atoms with van der Waals surface area (Å²) in [4.78, 5) is 3.28. The highest BCUT2D eigenvalue weighted by Gasteiger charge is 2.26. The molecule has 0 saturated carbocycles. The molecule has 1 aromatic heterocycles. The fourth-order valence-corrected chi connectivity index (χ4v) is 1.28. The maximum absolute atomic E-state index is 6.77. The van der Waals surface area contributed by atoms with E-state index in [4.69, 9.17) is 22.7 Å². The highest BCUT2D eigenvalue weighted by molar-refractivity contribution is 6.29. The lowest BCUT2D eigenvalue weighted by Crippen LogP contribution is -2.13. The zero-order valence-corrected chi connectivity index (χ0v) is 8.64. The second kappa shape index (κ2) is 3.39. The van der Waals surface area contributed by atoms with Gasteiger partial charge in [0.2, 0.25) is 11.8 Å². The van der Waals surface area contributed by atoms with E-state index in [1.165, 1.54) is 0 Å². The maximum atomic E-state index is 6.77. The maximum Gasteiger partial charge on any atom is 0.246 e. The summed E-state index contributed by atoms with van der Waals surface area (Å²) in [6, 6.07) is 0. The predicted octanol–water partition coefficient (Wildman–Crippen LogP) is 3.04. The van der Waals surface area contributed by atoms with E-state index < -0.39 is 0 Å². The lowest BCUT2D eigenvalue weighted by Gasteiger charge is -2.14. The molecule has 3 nitrogen and oxygen atoms in total. The van der Waals surface area contributed by atoms with Crippen molar-refractivity contribution in [3.8, 4) is 0 Å². The molecular weight excluding hydrogens is 188 g/mol. The van der Waals surface area contributed by atoms with E-state index in [2.05, 4.69) is 10.0 Å². The van der Waals surface area contributed by atoms with Crippen LogP contribution in [0.15, 0.2) is 4.52 Å². The molecule has 0 saturated heterocycles. The average Bonchev–Trinajstić information content (AvgIpc) is 2.32. The molecule has 0 N–H and O–H groups in total. The minimum absolute atomic E-state index is 0.128. The Kier molecular flexibility index (Phi) is 2.63. The summed E-state index contributed by atoms with van der Waals surface area (Å²) >= 11 is 5.76. The van der Waals surface area contributed by atoms with Gasteiger partial charge in [0.05, 0.1) is 0 Å². The molecule has 1 heterocycles. The molecule has 0 atom stereocenters. The van der Waals surface area contributed by atoms with Crippen LogP contribution in [0.1, 0.15) is 32.0 Å². The highest BCUT2D eigenvalue weighted by atomic mass is 35.5. The smallest absolute Gasteiger partial charge is 0.246 e. The van der Waals surface area contributed by atoms with E-state index in [1.807, 2.05) is 20.8 Å². The molecule has 0 aliphatic rings. The Bertz CT molecular complexity index is 343. The minimum Gasteiger partial charge on any atom is -0.344 e. The van der Waals surface area contributed by atoms with Gasteiger partial charge >= 0.3 is 0 Å². The molecular formula is C9H11ClN2O. The van der Waals surface area contributed by atoms with Crippen molar-refractivity contribution in [2.75, 3.05) is 0 Å². The Labute approximate surface area is 82.5 Å². The fraction of sp³-hybridized carbons (Fsp3) is 0.556. The van der Waals surface area contributed by atoms with E-state index in [0.717, 1.165) is 5.69 Å². The van der Waals surface area contributed by atoms with Gasteiger partial charge in [-0.2, -0.15) is 0 Å². The van der Waals surface area contributed by atoms with Gasteiger partial charge in [-0.05, 0) is 11.6 Å². The normalized spacial score (nSPS) is 11.3. The molecule has 0 fully saturated rings. The van der Waals surface area contributed by atoms with Crippen LogP contribution in [0, 0.1) is 6.57 Å². The number of halogens is 1. The van der Waals surface area contributed by atoms with Crippen molar-refractivity contribution in [3.05, 3.63) is 27.9 Å². The summed E-state index contributed by atoms with van der Waals surface area (Å²) in [6.07, 6.45) is 0. The van der Waals surface area contributed by atoms with E-state index >= 15 is 0 Å². The second-order valence-corrected chi connectivity index (χ2v) is 4.19. The van der Waals surface area contributed by atoms with Crippen molar-refractivity contribution in [2.45, 2.75) is 32.7 Å². The van der Waals surface area contributed by atoms with Gasteiger partial charge in [-0.25, -0.2) is 6.57 Å². The van der Waals surface area contributed by atoms with Gasteiger partial charge in [-0.15, -0.1) is 0 Å². The van der Waals surface area contributed by atoms with E-state index in [-0.39, 0.29) is 17.2 Å². The van der Waals surface area contributed by atoms with Crippen molar-refractivity contribution in [2.24, 2.45) is 0 Å². The topological polar surface area (TPSA) is 30.4 Å². The van der Waals surface area contributed by atoms with Gasteiger partial charge in [0, 0.05) is 5.41 Å². The number of hydrogen-bond acceptors (Lipinski definition) is 2. The first-order valence-corrected chi connectivity index (χ1v) is 4.32. The summed E-state index contributed by atoms with van der Waals surface area (Å²) < 4.78 is 4.85. The van der Waals surface area contributed by atoms with Crippen molar-refractivity contribution in [1.82, 2.24) is 5.16 Å². The first-order chi connectivity index (χ1) is 5.96. The van der Waals surface area contributed by atoms with Gasteiger partial charge in [0.1, 0.15) is 11.3 Å². The van der Waals surface area contributed by atoms with Crippen molar-refractivity contribution < 1.29 is 4.52 Å². The van der Waals surface area contributed by atoms with E-state index in [0.29, 0.717) is 5.56 Å².